The number of sulfone groups is 1. The third-order valence-corrected chi connectivity index (χ3v) is 4.07. The molecule has 0 atom stereocenters. The number of aliphatic hydroxyl groups excluding tert-OH is 1. The van der Waals surface area contributed by atoms with E-state index in [0.29, 0.717) is 0 Å². The van der Waals surface area contributed by atoms with Gasteiger partial charge < -0.3 is 5.11 Å². The van der Waals surface area contributed by atoms with Crippen LogP contribution < -0.4 is 0 Å². The summed E-state index contributed by atoms with van der Waals surface area (Å²) in [6, 6.07) is 15.4. The van der Waals surface area contributed by atoms with Crippen molar-refractivity contribution in [1.82, 2.24) is 0 Å². The van der Waals surface area contributed by atoms with Crippen LogP contribution in [0.25, 0.3) is 6.08 Å². The maximum Gasteiger partial charge on any atom is 0.199 e. The van der Waals surface area contributed by atoms with Gasteiger partial charge in [-0.25, -0.2) is 8.42 Å². The van der Waals surface area contributed by atoms with Crippen LogP contribution in [0, 0.1) is 0 Å². The number of rotatable bonds is 4. The van der Waals surface area contributed by atoms with E-state index in [-0.39, 0.29) is 11.5 Å². The average Bonchev–Trinajstić information content (AvgIpc) is 2.46. The summed E-state index contributed by atoms with van der Waals surface area (Å²) in [4.78, 5) is 0.268. The van der Waals surface area contributed by atoms with Crippen LogP contribution in [0.5, 0.6) is 0 Å². The molecule has 0 aromatic heterocycles. The first-order chi connectivity index (χ1) is 9.12. The van der Waals surface area contributed by atoms with Crippen LogP contribution in [-0.2, 0) is 16.4 Å². The lowest BCUT2D eigenvalue weighted by Gasteiger charge is -2.00. The summed E-state index contributed by atoms with van der Waals surface area (Å²) in [5, 5.41) is 10.2. The molecule has 0 radical (unpaired) electrons. The van der Waals surface area contributed by atoms with E-state index < -0.39 is 9.84 Å². The molecule has 1 N–H and O–H groups in total. The predicted octanol–water partition coefficient (Wildman–Crippen LogP) is 2.62. The molecule has 0 aliphatic rings. The largest absolute Gasteiger partial charge is 0.392 e. The molecule has 0 spiro atoms. The third-order valence-electron chi connectivity index (χ3n) is 2.64. The van der Waals surface area contributed by atoms with Gasteiger partial charge in [-0.3, -0.25) is 0 Å². The average molecular weight is 274 g/mol. The fourth-order valence-electron chi connectivity index (χ4n) is 1.65. The molecule has 0 amide bonds. The van der Waals surface area contributed by atoms with E-state index in [9.17, 15) is 8.42 Å². The minimum Gasteiger partial charge on any atom is -0.392 e. The van der Waals surface area contributed by atoms with Crippen LogP contribution in [0.1, 0.15) is 11.1 Å². The lowest BCUT2D eigenvalue weighted by Crippen LogP contribution is -1.95. The van der Waals surface area contributed by atoms with Crippen molar-refractivity contribution in [3.8, 4) is 0 Å². The van der Waals surface area contributed by atoms with Gasteiger partial charge in [0.1, 0.15) is 0 Å². The standard InChI is InChI=1S/C15H14O3S/c16-12-14-6-4-5-13(11-14)9-10-19(17,18)15-7-2-1-3-8-15/h1-11,16H,12H2/b10-9+. The van der Waals surface area contributed by atoms with Crippen molar-refractivity contribution in [3.63, 3.8) is 0 Å². The van der Waals surface area contributed by atoms with Crippen LogP contribution in [0.15, 0.2) is 64.9 Å². The Balaban J connectivity index is 2.27. The third kappa shape index (κ3) is 3.53. The van der Waals surface area contributed by atoms with E-state index in [1.165, 1.54) is 11.5 Å². The zero-order chi connectivity index (χ0) is 13.7. The van der Waals surface area contributed by atoms with Crippen molar-refractivity contribution in [2.75, 3.05) is 0 Å². The summed E-state index contributed by atoms with van der Waals surface area (Å²) in [7, 11) is -3.42. The lowest BCUT2D eigenvalue weighted by molar-refractivity contribution is 0.282. The van der Waals surface area contributed by atoms with Crippen LogP contribution in [0.4, 0.5) is 0 Å². The number of hydrogen-bond donors (Lipinski definition) is 1. The Bertz CT molecular complexity index is 674. The second kappa shape index (κ2) is 5.82. The summed E-state index contributed by atoms with van der Waals surface area (Å²) in [6.45, 7) is -0.0624. The Morgan fingerprint density at radius 1 is 1.00 bits per heavy atom. The molecule has 0 saturated heterocycles. The number of hydrogen-bond acceptors (Lipinski definition) is 3. The molecule has 0 saturated carbocycles. The SMILES string of the molecule is O=S(=O)(/C=C/c1cccc(CO)c1)c1ccccc1. The highest BCUT2D eigenvalue weighted by Gasteiger charge is 2.08. The van der Waals surface area contributed by atoms with Gasteiger partial charge in [-0.1, -0.05) is 36.4 Å². The summed E-state index contributed by atoms with van der Waals surface area (Å²) < 4.78 is 24.0. The predicted molar refractivity (Wildman–Crippen MR) is 75.0 cm³/mol. The minimum atomic E-state index is -3.42. The Morgan fingerprint density at radius 2 is 1.74 bits per heavy atom. The number of aliphatic hydroxyl groups is 1. The fraction of sp³-hybridized carbons (Fsp3) is 0.0667. The summed E-state index contributed by atoms with van der Waals surface area (Å²) in [5.41, 5.74) is 1.49. The molecular formula is C15H14O3S. The molecule has 19 heavy (non-hydrogen) atoms. The van der Waals surface area contributed by atoms with Crippen LogP contribution >= 0.6 is 0 Å². The molecular weight excluding hydrogens is 260 g/mol. The second-order valence-corrected chi connectivity index (χ2v) is 5.90. The molecule has 2 aromatic rings. The Kier molecular flexibility index (Phi) is 4.14. The van der Waals surface area contributed by atoms with Gasteiger partial charge in [0.15, 0.2) is 9.84 Å². The van der Waals surface area contributed by atoms with Gasteiger partial charge in [0.25, 0.3) is 0 Å². The summed E-state index contributed by atoms with van der Waals surface area (Å²) in [5.74, 6) is 0. The molecule has 0 heterocycles. The van der Waals surface area contributed by atoms with Gasteiger partial charge in [-0.05, 0) is 35.4 Å². The molecule has 2 rings (SSSR count). The fourth-order valence-corrected chi connectivity index (χ4v) is 2.68. The van der Waals surface area contributed by atoms with Crippen molar-refractivity contribution in [1.29, 1.82) is 0 Å². The topological polar surface area (TPSA) is 54.4 Å². The smallest absolute Gasteiger partial charge is 0.199 e. The van der Waals surface area contributed by atoms with Gasteiger partial charge in [-0.15, -0.1) is 0 Å². The maximum atomic E-state index is 12.0. The molecule has 3 nitrogen and oxygen atoms in total. The van der Waals surface area contributed by atoms with Gasteiger partial charge >= 0.3 is 0 Å². The molecule has 0 aliphatic carbocycles. The molecule has 2 aromatic carbocycles. The maximum absolute atomic E-state index is 12.0. The van der Waals surface area contributed by atoms with E-state index in [2.05, 4.69) is 0 Å². The summed E-state index contributed by atoms with van der Waals surface area (Å²) in [6.07, 6.45) is 1.53. The van der Waals surface area contributed by atoms with Crippen molar-refractivity contribution in [2.45, 2.75) is 11.5 Å². The van der Waals surface area contributed by atoms with E-state index in [4.69, 9.17) is 5.11 Å². The van der Waals surface area contributed by atoms with Gasteiger partial charge in [0.05, 0.1) is 11.5 Å². The molecule has 0 aliphatic heterocycles. The Morgan fingerprint density at radius 3 is 2.42 bits per heavy atom. The molecule has 0 bridgehead atoms. The first-order valence-electron chi connectivity index (χ1n) is 5.80. The zero-order valence-corrected chi connectivity index (χ0v) is 11.0. The van der Waals surface area contributed by atoms with Gasteiger partial charge in [-0.2, -0.15) is 0 Å². The normalized spacial score (nSPS) is 11.8. The molecule has 0 fully saturated rings. The molecule has 0 unspecified atom stereocenters. The summed E-state index contributed by atoms with van der Waals surface area (Å²) >= 11 is 0. The van der Waals surface area contributed by atoms with Crippen molar-refractivity contribution in [3.05, 3.63) is 71.1 Å². The lowest BCUT2D eigenvalue weighted by atomic mass is 10.1. The van der Waals surface area contributed by atoms with E-state index in [1.54, 1.807) is 54.6 Å². The van der Waals surface area contributed by atoms with Crippen molar-refractivity contribution >= 4 is 15.9 Å². The van der Waals surface area contributed by atoms with E-state index in [1.807, 2.05) is 0 Å². The Hall–Kier alpha value is -1.91. The van der Waals surface area contributed by atoms with Gasteiger partial charge in [0, 0.05) is 5.41 Å². The van der Waals surface area contributed by atoms with Crippen molar-refractivity contribution in [2.24, 2.45) is 0 Å². The quantitative estimate of drug-likeness (QED) is 0.932. The highest BCUT2D eigenvalue weighted by molar-refractivity contribution is 7.94. The van der Waals surface area contributed by atoms with Crippen LogP contribution in [0.3, 0.4) is 0 Å². The first-order valence-corrected chi connectivity index (χ1v) is 7.34. The minimum absolute atomic E-state index is 0.0624. The highest BCUT2D eigenvalue weighted by Crippen LogP contribution is 2.14. The van der Waals surface area contributed by atoms with Crippen LogP contribution in [0.2, 0.25) is 0 Å². The van der Waals surface area contributed by atoms with E-state index >= 15 is 0 Å². The van der Waals surface area contributed by atoms with Crippen LogP contribution in [-0.4, -0.2) is 13.5 Å². The first kappa shape index (κ1) is 13.5. The Labute approximate surface area is 112 Å². The molecule has 4 heteroatoms. The molecule has 98 valence electrons. The highest BCUT2D eigenvalue weighted by atomic mass is 32.2. The monoisotopic (exact) mass is 274 g/mol. The van der Waals surface area contributed by atoms with Gasteiger partial charge in [0.2, 0.25) is 0 Å². The second-order valence-electron chi connectivity index (χ2n) is 4.06. The number of benzene rings is 2. The van der Waals surface area contributed by atoms with E-state index in [0.717, 1.165) is 11.1 Å². The zero-order valence-electron chi connectivity index (χ0n) is 10.2. The van der Waals surface area contributed by atoms with Crippen molar-refractivity contribution < 1.29 is 13.5 Å².